The molecule has 1 saturated heterocycles. The second kappa shape index (κ2) is 16.9. The normalized spacial score (nSPS) is 19.4. The van der Waals surface area contributed by atoms with Gasteiger partial charge in [0.05, 0.1) is 12.6 Å². The molecule has 0 unspecified atom stereocenters. The fourth-order valence-corrected chi connectivity index (χ4v) is 4.14. The second-order valence-electron chi connectivity index (χ2n) is 8.94. The highest BCUT2D eigenvalue weighted by atomic mass is 127. The fraction of sp³-hybridized carbons (Fsp3) is 0.913. The summed E-state index contributed by atoms with van der Waals surface area (Å²) in [5, 5.41) is 6.96. The van der Waals surface area contributed by atoms with Crippen molar-refractivity contribution in [2.45, 2.75) is 83.3 Å². The largest absolute Gasteiger partial charge is 0.378 e. The molecule has 1 aliphatic carbocycles. The van der Waals surface area contributed by atoms with Gasteiger partial charge < -0.3 is 20.3 Å². The van der Waals surface area contributed by atoms with E-state index >= 15 is 0 Å². The van der Waals surface area contributed by atoms with Crippen LogP contribution in [0.15, 0.2) is 4.99 Å². The number of likely N-dealkylation sites (N-methyl/N-ethyl adjacent to an activating group) is 1. The molecule has 2 aliphatic rings. The zero-order chi connectivity index (χ0) is 21.6. The Morgan fingerprint density at radius 3 is 2.35 bits per heavy atom. The Bertz CT molecular complexity index is 502. The zero-order valence-electron chi connectivity index (χ0n) is 20.0. The zero-order valence-corrected chi connectivity index (χ0v) is 22.4. The van der Waals surface area contributed by atoms with Crippen molar-refractivity contribution in [2.75, 3.05) is 53.4 Å². The smallest absolute Gasteiger partial charge is 0.236 e. The number of nitrogens with zero attached hydrogens (tertiary/aromatic N) is 3. The van der Waals surface area contributed by atoms with Crippen LogP contribution in [0.4, 0.5) is 0 Å². The van der Waals surface area contributed by atoms with E-state index in [0.717, 1.165) is 64.4 Å². The fourth-order valence-electron chi connectivity index (χ4n) is 4.14. The summed E-state index contributed by atoms with van der Waals surface area (Å²) in [5.74, 6) is 1.10. The number of guanidine groups is 1. The first-order chi connectivity index (χ1) is 14.6. The first kappa shape index (κ1) is 28.4. The van der Waals surface area contributed by atoms with Gasteiger partial charge in [-0.25, -0.2) is 0 Å². The SMILES string of the molecule is CCNC(=NCCCCOC1CCCCCC1)NC1CCN(CC(=O)N(C)C)CC1.I. The van der Waals surface area contributed by atoms with E-state index < -0.39 is 0 Å². The molecule has 2 rings (SSSR count). The van der Waals surface area contributed by atoms with Crippen molar-refractivity contribution in [3.8, 4) is 0 Å². The predicted octanol–water partition coefficient (Wildman–Crippen LogP) is 3.23. The summed E-state index contributed by atoms with van der Waals surface area (Å²) in [4.78, 5) is 20.6. The summed E-state index contributed by atoms with van der Waals surface area (Å²) in [6, 6.07) is 0.423. The standard InChI is InChI=1S/C23H45N5O2.HI/c1-4-24-23(25-15-9-10-18-30-21-11-7-5-6-8-12-21)26-20-13-16-28(17-14-20)19-22(29)27(2)3;/h20-21H,4-19H2,1-3H3,(H2,24,25,26);1H. The number of aliphatic imine (C=N–C) groups is 1. The molecule has 2 fully saturated rings. The van der Waals surface area contributed by atoms with Crippen LogP contribution < -0.4 is 10.6 Å². The molecule has 7 nitrogen and oxygen atoms in total. The number of carbonyl (C=O) groups is 1. The highest BCUT2D eigenvalue weighted by Crippen LogP contribution is 2.20. The Hall–Kier alpha value is -0.610. The van der Waals surface area contributed by atoms with Gasteiger partial charge >= 0.3 is 0 Å². The third kappa shape index (κ3) is 12.3. The lowest BCUT2D eigenvalue weighted by Crippen LogP contribution is -2.50. The van der Waals surface area contributed by atoms with Crippen molar-refractivity contribution in [1.29, 1.82) is 0 Å². The molecule has 8 heteroatoms. The topological polar surface area (TPSA) is 69.2 Å². The van der Waals surface area contributed by atoms with Crippen LogP contribution in [0.2, 0.25) is 0 Å². The number of piperidine rings is 1. The molecule has 1 aliphatic heterocycles. The quantitative estimate of drug-likeness (QED) is 0.144. The Kier molecular flexibility index (Phi) is 15.5. The highest BCUT2D eigenvalue weighted by Gasteiger charge is 2.22. The van der Waals surface area contributed by atoms with E-state index in [4.69, 9.17) is 9.73 Å². The number of rotatable bonds is 10. The minimum Gasteiger partial charge on any atom is -0.378 e. The van der Waals surface area contributed by atoms with E-state index in [1.165, 1.54) is 38.5 Å². The van der Waals surface area contributed by atoms with Crippen LogP contribution in [0.5, 0.6) is 0 Å². The van der Waals surface area contributed by atoms with Crippen LogP contribution in [0.25, 0.3) is 0 Å². The Balaban J connectivity index is 0.00000480. The molecule has 0 bridgehead atoms. The molecule has 0 radical (unpaired) electrons. The Morgan fingerprint density at radius 1 is 1.06 bits per heavy atom. The predicted molar refractivity (Wildman–Crippen MR) is 139 cm³/mol. The van der Waals surface area contributed by atoms with Crippen LogP contribution in [0.3, 0.4) is 0 Å². The maximum atomic E-state index is 11.9. The van der Waals surface area contributed by atoms with Crippen LogP contribution in [0, 0.1) is 0 Å². The van der Waals surface area contributed by atoms with Crippen molar-refractivity contribution >= 4 is 35.8 Å². The van der Waals surface area contributed by atoms with Gasteiger partial charge in [-0.1, -0.05) is 25.7 Å². The number of halogens is 1. The molecule has 1 amide bonds. The molecule has 0 aromatic heterocycles. The van der Waals surface area contributed by atoms with E-state index in [0.29, 0.717) is 18.7 Å². The number of hydrogen-bond donors (Lipinski definition) is 2. The third-order valence-corrected chi connectivity index (χ3v) is 6.11. The molecule has 1 saturated carbocycles. The van der Waals surface area contributed by atoms with E-state index in [1.54, 1.807) is 4.90 Å². The maximum absolute atomic E-state index is 11.9. The maximum Gasteiger partial charge on any atom is 0.236 e. The Morgan fingerprint density at radius 2 is 1.74 bits per heavy atom. The molecule has 2 N–H and O–H groups in total. The number of amides is 1. The second-order valence-corrected chi connectivity index (χ2v) is 8.94. The lowest BCUT2D eigenvalue weighted by atomic mass is 10.1. The first-order valence-electron chi connectivity index (χ1n) is 12.2. The lowest BCUT2D eigenvalue weighted by Gasteiger charge is -2.33. The van der Waals surface area contributed by atoms with Crippen molar-refractivity contribution in [1.82, 2.24) is 20.4 Å². The van der Waals surface area contributed by atoms with E-state index in [1.807, 2.05) is 14.1 Å². The molecule has 1 heterocycles. The van der Waals surface area contributed by atoms with Gasteiger partial charge in [-0.05, 0) is 45.4 Å². The van der Waals surface area contributed by atoms with Crippen LogP contribution in [-0.2, 0) is 9.53 Å². The minimum absolute atomic E-state index is 0. The van der Waals surface area contributed by atoms with E-state index in [-0.39, 0.29) is 29.9 Å². The summed E-state index contributed by atoms with van der Waals surface area (Å²) >= 11 is 0. The third-order valence-electron chi connectivity index (χ3n) is 6.11. The summed E-state index contributed by atoms with van der Waals surface area (Å²) in [6.07, 6.45) is 12.6. The van der Waals surface area contributed by atoms with Crippen LogP contribution >= 0.6 is 24.0 Å². The number of ether oxygens (including phenoxy) is 1. The monoisotopic (exact) mass is 551 g/mol. The van der Waals surface area contributed by atoms with Crippen LogP contribution in [0.1, 0.15) is 71.1 Å². The summed E-state index contributed by atoms with van der Waals surface area (Å²) in [6.45, 7) is 7.11. The van der Waals surface area contributed by atoms with E-state index in [9.17, 15) is 4.79 Å². The van der Waals surface area contributed by atoms with Gasteiger partial charge in [0.15, 0.2) is 5.96 Å². The van der Waals surface area contributed by atoms with Crippen molar-refractivity contribution in [3.05, 3.63) is 0 Å². The lowest BCUT2D eigenvalue weighted by molar-refractivity contribution is -0.130. The number of unbranched alkanes of at least 4 members (excludes halogenated alkanes) is 1. The van der Waals surface area contributed by atoms with Gasteiger partial charge in [-0.3, -0.25) is 14.7 Å². The van der Waals surface area contributed by atoms with Crippen molar-refractivity contribution in [3.63, 3.8) is 0 Å². The molecule has 0 aromatic carbocycles. The number of nitrogens with one attached hydrogen (secondary N) is 2. The molecule has 31 heavy (non-hydrogen) atoms. The Labute approximate surface area is 207 Å². The average Bonchev–Trinajstić information content (AvgIpc) is 3.00. The molecule has 0 spiro atoms. The van der Waals surface area contributed by atoms with Crippen LogP contribution in [-0.4, -0.2) is 87.2 Å². The van der Waals surface area contributed by atoms with Gasteiger partial charge in [0, 0.05) is 52.9 Å². The number of carbonyl (C=O) groups excluding carboxylic acids is 1. The first-order valence-corrected chi connectivity index (χ1v) is 12.2. The summed E-state index contributed by atoms with van der Waals surface area (Å²) in [5.41, 5.74) is 0. The number of hydrogen-bond acceptors (Lipinski definition) is 4. The van der Waals surface area contributed by atoms with Gasteiger partial charge in [-0.15, -0.1) is 24.0 Å². The summed E-state index contributed by atoms with van der Waals surface area (Å²) < 4.78 is 6.08. The van der Waals surface area contributed by atoms with Gasteiger partial charge in [-0.2, -0.15) is 0 Å². The van der Waals surface area contributed by atoms with Gasteiger partial charge in [0.1, 0.15) is 0 Å². The summed E-state index contributed by atoms with van der Waals surface area (Å²) in [7, 11) is 3.64. The van der Waals surface area contributed by atoms with Gasteiger partial charge in [0.2, 0.25) is 5.91 Å². The molecule has 0 atom stereocenters. The molecule has 0 aromatic rings. The van der Waals surface area contributed by atoms with Crippen molar-refractivity contribution < 1.29 is 9.53 Å². The van der Waals surface area contributed by atoms with Gasteiger partial charge in [0.25, 0.3) is 0 Å². The average molecular weight is 552 g/mol. The number of likely N-dealkylation sites (tertiary alicyclic amines) is 1. The highest BCUT2D eigenvalue weighted by molar-refractivity contribution is 14.0. The molecular weight excluding hydrogens is 505 g/mol. The van der Waals surface area contributed by atoms with E-state index in [2.05, 4.69) is 22.5 Å². The molecular formula is C23H46IN5O2. The van der Waals surface area contributed by atoms with Crippen molar-refractivity contribution in [2.24, 2.45) is 4.99 Å². The minimum atomic E-state index is 0. The molecule has 182 valence electrons.